The molecule has 2 aliphatic rings. The first-order valence-electron chi connectivity index (χ1n) is 14.1. The van der Waals surface area contributed by atoms with Gasteiger partial charge >= 0.3 is 0 Å². The van der Waals surface area contributed by atoms with Crippen molar-refractivity contribution in [1.82, 2.24) is 0 Å². The second-order valence-corrected chi connectivity index (χ2v) is 11.0. The summed E-state index contributed by atoms with van der Waals surface area (Å²) in [6.07, 6.45) is 15.8. The fourth-order valence-corrected chi connectivity index (χ4v) is 6.35. The van der Waals surface area contributed by atoms with E-state index in [9.17, 15) is 8.78 Å². The lowest BCUT2D eigenvalue weighted by atomic mass is 9.75. The predicted molar refractivity (Wildman–Crippen MR) is 142 cm³/mol. The number of hydrogen-bond donors (Lipinski definition) is 0. The van der Waals surface area contributed by atoms with Crippen molar-refractivity contribution in [1.29, 1.82) is 0 Å². The van der Waals surface area contributed by atoms with Gasteiger partial charge in [-0.25, -0.2) is 13.2 Å². The molecule has 0 spiro atoms. The van der Waals surface area contributed by atoms with Crippen LogP contribution in [0.15, 0.2) is 30.3 Å². The molecule has 0 aliphatic heterocycles. The Kier molecular flexibility index (Phi) is 9.72. The van der Waals surface area contributed by atoms with E-state index in [4.69, 9.17) is 4.74 Å². The highest BCUT2D eigenvalue weighted by Crippen LogP contribution is 2.42. The van der Waals surface area contributed by atoms with Crippen LogP contribution in [0.1, 0.15) is 112 Å². The zero-order valence-corrected chi connectivity index (χ0v) is 22.2. The van der Waals surface area contributed by atoms with E-state index in [0.29, 0.717) is 11.1 Å². The second kappa shape index (κ2) is 13.0. The molecule has 202 valence electrons. The summed E-state index contributed by atoms with van der Waals surface area (Å²) < 4.78 is 63.4. The van der Waals surface area contributed by atoms with Crippen LogP contribution >= 0.6 is 0 Å². The molecule has 0 saturated heterocycles. The fourth-order valence-electron chi connectivity index (χ4n) is 6.35. The van der Waals surface area contributed by atoms with Crippen LogP contribution in [0, 0.1) is 35.1 Å². The van der Waals surface area contributed by atoms with Gasteiger partial charge in [-0.15, -0.1) is 0 Å². The smallest absolute Gasteiger partial charge is 0.201 e. The fraction of sp³-hybridized carbons (Fsp3) is 0.562. The average Bonchev–Trinajstić information content (AvgIpc) is 2.92. The molecular weight excluding hydrogens is 476 g/mol. The van der Waals surface area contributed by atoms with Gasteiger partial charge in [0.1, 0.15) is 0 Å². The summed E-state index contributed by atoms with van der Waals surface area (Å²) in [4.78, 5) is 0. The summed E-state index contributed by atoms with van der Waals surface area (Å²) >= 11 is 0. The number of methoxy groups -OCH3 is 1. The number of unbranched alkanes of at least 4 members (excludes halogenated alkanes) is 2. The molecule has 1 nitrogen and oxygen atoms in total. The van der Waals surface area contributed by atoms with Crippen LogP contribution in [0.25, 0.3) is 6.08 Å². The highest BCUT2D eigenvalue weighted by Gasteiger charge is 2.29. The topological polar surface area (TPSA) is 9.23 Å². The van der Waals surface area contributed by atoms with E-state index in [0.717, 1.165) is 57.3 Å². The van der Waals surface area contributed by atoms with Gasteiger partial charge in [-0.05, 0) is 98.3 Å². The monoisotopic (exact) mass is 516 g/mol. The minimum absolute atomic E-state index is 0.0160. The van der Waals surface area contributed by atoms with Crippen LogP contribution < -0.4 is 4.74 Å². The third-order valence-corrected chi connectivity index (χ3v) is 8.70. The van der Waals surface area contributed by atoms with Crippen LogP contribution in [0.4, 0.5) is 17.6 Å². The Morgan fingerprint density at radius 2 is 1.32 bits per heavy atom. The molecule has 0 aromatic heterocycles. The van der Waals surface area contributed by atoms with Crippen molar-refractivity contribution in [3.8, 4) is 5.75 Å². The number of hydrogen-bond acceptors (Lipinski definition) is 1. The van der Waals surface area contributed by atoms with Crippen molar-refractivity contribution in [2.24, 2.45) is 11.8 Å². The van der Waals surface area contributed by atoms with E-state index in [-0.39, 0.29) is 29.1 Å². The van der Waals surface area contributed by atoms with E-state index in [1.54, 1.807) is 6.08 Å². The molecule has 0 heterocycles. The maximum absolute atomic E-state index is 15.2. The Bertz CT molecular complexity index is 1060. The minimum atomic E-state index is -0.991. The zero-order valence-electron chi connectivity index (χ0n) is 22.2. The molecule has 0 atom stereocenters. The van der Waals surface area contributed by atoms with Gasteiger partial charge in [0, 0.05) is 5.56 Å². The van der Waals surface area contributed by atoms with Gasteiger partial charge < -0.3 is 4.74 Å². The standard InChI is InChI=1S/C32H40F4O/c1-3-4-5-6-21-7-12-23(13-8-21)26-18-19-27(31(35)30(26)34)24-14-9-22(10-15-24)11-16-25-17-20-28(37-2)32(36)29(25)33/h11,16-24H,3-10,12-15H2,1-2H3. The number of rotatable bonds is 9. The maximum atomic E-state index is 15.2. The molecule has 0 amide bonds. The van der Waals surface area contributed by atoms with E-state index >= 15 is 8.78 Å². The molecule has 2 fully saturated rings. The molecule has 2 aliphatic carbocycles. The van der Waals surface area contributed by atoms with Gasteiger partial charge in [0.2, 0.25) is 5.82 Å². The van der Waals surface area contributed by atoms with E-state index < -0.39 is 23.3 Å². The molecule has 0 N–H and O–H groups in total. The molecule has 4 rings (SSSR count). The number of ether oxygens (including phenoxy) is 1. The van der Waals surface area contributed by atoms with Crippen molar-refractivity contribution in [3.63, 3.8) is 0 Å². The van der Waals surface area contributed by atoms with Crippen molar-refractivity contribution >= 4 is 6.08 Å². The lowest BCUT2D eigenvalue weighted by Crippen LogP contribution is -2.17. The number of allylic oxidation sites excluding steroid dienone is 1. The molecule has 2 aromatic carbocycles. The molecule has 0 bridgehead atoms. The van der Waals surface area contributed by atoms with E-state index in [2.05, 4.69) is 6.92 Å². The Morgan fingerprint density at radius 1 is 0.730 bits per heavy atom. The minimum Gasteiger partial charge on any atom is -0.494 e. The normalized spacial score (nSPS) is 24.5. The van der Waals surface area contributed by atoms with Crippen molar-refractivity contribution < 1.29 is 22.3 Å². The Hall–Kier alpha value is -2.30. The highest BCUT2D eigenvalue weighted by atomic mass is 19.2. The number of benzene rings is 2. The van der Waals surface area contributed by atoms with Crippen LogP contribution in [0.3, 0.4) is 0 Å². The van der Waals surface area contributed by atoms with Crippen molar-refractivity contribution in [3.05, 3.63) is 70.3 Å². The average molecular weight is 517 g/mol. The summed E-state index contributed by atoms with van der Waals surface area (Å²) in [6, 6.07) is 6.56. The molecule has 2 aromatic rings. The highest BCUT2D eigenvalue weighted by molar-refractivity contribution is 5.52. The predicted octanol–water partition coefficient (Wildman–Crippen LogP) is 10.1. The lowest BCUT2D eigenvalue weighted by molar-refractivity contribution is 0.297. The zero-order chi connectivity index (χ0) is 26.4. The SMILES string of the molecule is CCCCCC1CCC(c2ccc(C3CCC(C=Cc4ccc(OC)c(F)c4F)CC3)c(F)c2F)CC1. The Balaban J connectivity index is 1.33. The molecule has 0 radical (unpaired) electrons. The maximum Gasteiger partial charge on any atom is 0.201 e. The van der Waals surface area contributed by atoms with Crippen LogP contribution in [-0.4, -0.2) is 7.11 Å². The first-order chi connectivity index (χ1) is 17.9. The van der Waals surface area contributed by atoms with Crippen molar-refractivity contribution in [2.45, 2.75) is 95.8 Å². The summed E-state index contributed by atoms with van der Waals surface area (Å²) in [5.74, 6) is -2.32. The summed E-state index contributed by atoms with van der Waals surface area (Å²) in [5, 5.41) is 0. The molecule has 37 heavy (non-hydrogen) atoms. The second-order valence-electron chi connectivity index (χ2n) is 11.0. The van der Waals surface area contributed by atoms with Gasteiger partial charge in [0.25, 0.3) is 0 Å². The number of halogens is 4. The largest absolute Gasteiger partial charge is 0.494 e. The van der Waals surface area contributed by atoms with Crippen LogP contribution in [0.5, 0.6) is 5.75 Å². The van der Waals surface area contributed by atoms with Gasteiger partial charge in [-0.1, -0.05) is 56.9 Å². The van der Waals surface area contributed by atoms with Gasteiger partial charge in [-0.2, -0.15) is 4.39 Å². The quantitative estimate of drug-likeness (QED) is 0.238. The van der Waals surface area contributed by atoms with Gasteiger partial charge in [-0.3, -0.25) is 0 Å². The van der Waals surface area contributed by atoms with E-state index in [1.807, 2.05) is 18.2 Å². The van der Waals surface area contributed by atoms with E-state index in [1.165, 1.54) is 44.9 Å². The molecule has 0 unspecified atom stereocenters. The van der Waals surface area contributed by atoms with Crippen LogP contribution in [0.2, 0.25) is 0 Å². The Morgan fingerprint density at radius 3 is 1.89 bits per heavy atom. The third-order valence-electron chi connectivity index (χ3n) is 8.70. The van der Waals surface area contributed by atoms with Gasteiger partial charge in [0.15, 0.2) is 23.2 Å². The third kappa shape index (κ3) is 6.59. The lowest BCUT2D eigenvalue weighted by Gasteiger charge is -2.30. The molecule has 5 heteroatoms. The van der Waals surface area contributed by atoms with Crippen molar-refractivity contribution in [2.75, 3.05) is 7.11 Å². The Labute approximate surface area is 219 Å². The first kappa shape index (κ1) is 27.7. The summed E-state index contributed by atoms with van der Waals surface area (Å²) in [6.45, 7) is 2.22. The molecular formula is C32H40F4O. The molecule has 2 saturated carbocycles. The first-order valence-corrected chi connectivity index (χ1v) is 14.1. The van der Waals surface area contributed by atoms with Gasteiger partial charge in [0.05, 0.1) is 7.11 Å². The summed E-state index contributed by atoms with van der Waals surface area (Å²) in [7, 11) is 1.30. The van der Waals surface area contributed by atoms with Crippen LogP contribution in [-0.2, 0) is 0 Å². The summed E-state index contributed by atoms with van der Waals surface area (Å²) in [5.41, 5.74) is 1.22.